The molecular formula is C29H22N2O2. The Morgan fingerprint density at radius 3 is 1.91 bits per heavy atom. The van der Waals surface area contributed by atoms with Crippen LogP contribution >= 0.6 is 0 Å². The highest BCUT2D eigenvalue weighted by Gasteiger charge is 2.27. The van der Waals surface area contributed by atoms with Crippen LogP contribution < -0.4 is 0 Å². The van der Waals surface area contributed by atoms with Gasteiger partial charge in [-0.15, -0.1) is 0 Å². The van der Waals surface area contributed by atoms with E-state index in [0.717, 1.165) is 32.7 Å². The molecule has 0 radical (unpaired) electrons. The minimum Gasteiger partial charge on any atom is -0.451 e. The van der Waals surface area contributed by atoms with E-state index in [-0.39, 0.29) is 0 Å². The highest BCUT2D eigenvalue weighted by molar-refractivity contribution is 5.90. The van der Waals surface area contributed by atoms with Crippen molar-refractivity contribution in [1.82, 2.24) is 4.57 Å². The second kappa shape index (κ2) is 8.64. The second-order valence-corrected chi connectivity index (χ2v) is 8.04. The molecule has 33 heavy (non-hydrogen) atoms. The van der Waals surface area contributed by atoms with Crippen molar-refractivity contribution in [2.24, 2.45) is 0 Å². The van der Waals surface area contributed by atoms with Crippen molar-refractivity contribution in [2.45, 2.75) is 19.1 Å². The van der Waals surface area contributed by atoms with Gasteiger partial charge in [-0.3, -0.25) is 0 Å². The molecule has 4 heteroatoms. The predicted molar refractivity (Wildman–Crippen MR) is 130 cm³/mol. The van der Waals surface area contributed by atoms with E-state index in [1.165, 1.54) is 0 Å². The summed E-state index contributed by atoms with van der Waals surface area (Å²) in [5.74, 6) is -0.395. The van der Waals surface area contributed by atoms with E-state index >= 15 is 0 Å². The maximum Gasteiger partial charge on any atom is 0.329 e. The Balaban J connectivity index is 1.65. The van der Waals surface area contributed by atoms with E-state index in [1.54, 1.807) is 29.8 Å². The number of nitrogens with zero attached hydrogens (tertiary/aromatic N) is 2. The lowest BCUT2D eigenvalue weighted by atomic mass is 9.92. The maximum absolute atomic E-state index is 13.4. The van der Waals surface area contributed by atoms with Crippen molar-refractivity contribution in [3.63, 3.8) is 0 Å². The van der Waals surface area contributed by atoms with Gasteiger partial charge in [0.2, 0.25) is 0 Å². The topological polar surface area (TPSA) is 55.0 Å². The zero-order valence-corrected chi connectivity index (χ0v) is 18.2. The molecule has 0 aliphatic carbocycles. The van der Waals surface area contributed by atoms with Gasteiger partial charge in [0, 0.05) is 17.3 Å². The number of benzene rings is 4. The molecule has 0 saturated heterocycles. The summed E-state index contributed by atoms with van der Waals surface area (Å²) in [6.45, 7) is 1.76. The van der Waals surface area contributed by atoms with Crippen LogP contribution in [-0.2, 0) is 9.53 Å². The number of rotatable bonds is 5. The van der Waals surface area contributed by atoms with Crippen LogP contribution in [-0.4, -0.2) is 10.5 Å². The van der Waals surface area contributed by atoms with Crippen LogP contribution in [0.25, 0.3) is 21.5 Å². The van der Waals surface area contributed by atoms with E-state index in [9.17, 15) is 10.1 Å². The summed E-state index contributed by atoms with van der Waals surface area (Å²) in [6.07, 6.45) is 1.13. The molecule has 160 valence electrons. The van der Waals surface area contributed by atoms with Crippen molar-refractivity contribution in [3.05, 3.63) is 120 Å². The van der Waals surface area contributed by atoms with Crippen molar-refractivity contribution < 1.29 is 9.53 Å². The molecule has 4 aromatic carbocycles. The van der Waals surface area contributed by atoms with Gasteiger partial charge in [0.05, 0.1) is 0 Å². The van der Waals surface area contributed by atoms with Gasteiger partial charge in [-0.2, -0.15) is 5.26 Å². The van der Waals surface area contributed by atoms with Gasteiger partial charge in [-0.25, -0.2) is 4.79 Å². The number of esters is 1. The molecule has 5 rings (SSSR count). The van der Waals surface area contributed by atoms with Crippen LogP contribution in [0.5, 0.6) is 0 Å². The molecule has 0 aliphatic rings. The first-order valence-corrected chi connectivity index (χ1v) is 10.9. The fraction of sp³-hybridized carbons (Fsp3) is 0.103. The Kier molecular flexibility index (Phi) is 5.38. The minimum absolute atomic E-state index is 0.395. The Morgan fingerprint density at radius 2 is 1.33 bits per heavy atom. The number of carbonyl (C=O) groups excluding carboxylic acids is 1. The van der Waals surface area contributed by atoms with E-state index in [0.29, 0.717) is 5.69 Å². The molecule has 1 atom stereocenters. The SMILES string of the molecule is C[C@@H](C(=O)OC(c1cccc2ccccc12)c1cccc2ccccc12)n1cccc1C#N. The normalized spacial score (nSPS) is 12.0. The molecule has 0 bridgehead atoms. The Labute approximate surface area is 192 Å². The summed E-state index contributed by atoms with van der Waals surface area (Å²) in [5.41, 5.74) is 2.28. The van der Waals surface area contributed by atoms with Crippen LogP contribution in [0.1, 0.15) is 35.9 Å². The van der Waals surface area contributed by atoms with E-state index in [1.807, 2.05) is 48.5 Å². The maximum atomic E-state index is 13.4. The molecule has 0 spiro atoms. The summed E-state index contributed by atoms with van der Waals surface area (Å²) in [5, 5.41) is 13.6. The number of fused-ring (bicyclic) bond motifs is 2. The molecule has 5 aromatic rings. The lowest BCUT2D eigenvalue weighted by Crippen LogP contribution is -2.22. The monoisotopic (exact) mass is 430 g/mol. The van der Waals surface area contributed by atoms with Gasteiger partial charge in [0.1, 0.15) is 17.8 Å². The molecule has 0 unspecified atom stereocenters. The van der Waals surface area contributed by atoms with Gasteiger partial charge >= 0.3 is 5.97 Å². The highest BCUT2D eigenvalue weighted by Crippen LogP contribution is 2.36. The first kappa shape index (κ1) is 20.5. The second-order valence-electron chi connectivity index (χ2n) is 8.04. The third-order valence-corrected chi connectivity index (χ3v) is 6.10. The number of hydrogen-bond acceptors (Lipinski definition) is 3. The molecular weight excluding hydrogens is 408 g/mol. The first-order chi connectivity index (χ1) is 16.2. The fourth-order valence-corrected chi connectivity index (χ4v) is 4.41. The summed E-state index contributed by atoms with van der Waals surface area (Å²) in [7, 11) is 0. The lowest BCUT2D eigenvalue weighted by Gasteiger charge is -2.24. The molecule has 0 saturated carbocycles. The number of ether oxygens (including phenoxy) is 1. The summed E-state index contributed by atoms with van der Waals surface area (Å²) < 4.78 is 7.90. The Bertz CT molecular complexity index is 1420. The van der Waals surface area contributed by atoms with Crippen molar-refractivity contribution >= 4 is 27.5 Å². The van der Waals surface area contributed by atoms with Crippen molar-refractivity contribution in [3.8, 4) is 6.07 Å². The van der Waals surface area contributed by atoms with Crippen molar-refractivity contribution in [2.75, 3.05) is 0 Å². The number of nitriles is 1. The lowest BCUT2D eigenvalue weighted by molar-refractivity contribution is -0.151. The van der Waals surface area contributed by atoms with Gasteiger partial charge in [0.15, 0.2) is 6.10 Å². The Hall–Kier alpha value is -4.36. The number of aromatic nitrogens is 1. The third-order valence-electron chi connectivity index (χ3n) is 6.10. The fourth-order valence-electron chi connectivity index (χ4n) is 4.41. The van der Waals surface area contributed by atoms with Crippen LogP contribution in [0, 0.1) is 11.3 Å². The van der Waals surface area contributed by atoms with Crippen LogP contribution in [0.15, 0.2) is 103 Å². The van der Waals surface area contributed by atoms with Gasteiger partial charge in [-0.05, 0) is 40.6 Å². The molecule has 4 nitrogen and oxygen atoms in total. The molecule has 1 heterocycles. The van der Waals surface area contributed by atoms with Gasteiger partial charge in [0.25, 0.3) is 0 Å². The quantitative estimate of drug-likeness (QED) is 0.297. The van der Waals surface area contributed by atoms with Crippen LogP contribution in [0.4, 0.5) is 0 Å². The molecule has 0 fully saturated rings. The van der Waals surface area contributed by atoms with Gasteiger partial charge < -0.3 is 9.30 Å². The highest BCUT2D eigenvalue weighted by atomic mass is 16.5. The average molecular weight is 431 g/mol. The first-order valence-electron chi connectivity index (χ1n) is 10.9. The van der Waals surface area contributed by atoms with E-state index in [2.05, 4.69) is 42.5 Å². The third kappa shape index (κ3) is 3.75. The summed E-state index contributed by atoms with van der Waals surface area (Å²) >= 11 is 0. The predicted octanol–water partition coefficient (Wildman–Crippen LogP) is 6.56. The average Bonchev–Trinajstić information content (AvgIpc) is 3.35. The smallest absolute Gasteiger partial charge is 0.329 e. The minimum atomic E-state index is -0.637. The summed E-state index contributed by atoms with van der Waals surface area (Å²) in [4.78, 5) is 13.4. The van der Waals surface area contributed by atoms with E-state index in [4.69, 9.17) is 4.74 Å². The zero-order valence-electron chi connectivity index (χ0n) is 18.2. The Morgan fingerprint density at radius 1 is 0.788 bits per heavy atom. The summed E-state index contributed by atoms with van der Waals surface area (Å²) in [6, 6.07) is 33.3. The molecule has 0 N–H and O–H groups in total. The standard InChI is InChI=1S/C29H22N2O2/c1-20(31-18-8-13-23(31)19-30)29(32)33-28(26-16-6-11-21-9-2-4-14-24(21)26)27-17-7-12-22-10-3-5-15-25(22)27/h2-18,20,28H,1H3/t20-/m0/s1. The van der Waals surface area contributed by atoms with Crippen molar-refractivity contribution in [1.29, 1.82) is 5.26 Å². The molecule has 0 amide bonds. The molecule has 1 aromatic heterocycles. The zero-order chi connectivity index (χ0) is 22.8. The number of carbonyl (C=O) groups is 1. The number of hydrogen-bond donors (Lipinski definition) is 0. The largest absolute Gasteiger partial charge is 0.451 e. The van der Waals surface area contributed by atoms with Gasteiger partial charge in [-0.1, -0.05) is 84.9 Å². The molecule has 0 aliphatic heterocycles. The van der Waals surface area contributed by atoms with Crippen LogP contribution in [0.2, 0.25) is 0 Å². The van der Waals surface area contributed by atoms with Crippen LogP contribution in [0.3, 0.4) is 0 Å². The van der Waals surface area contributed by atoms with E-state index < -0.39 is 18.1 Å².